The van der Waals surface area contributed by atoms with Crippen LogP contribution in [0.4, 0.5) is 13.3 Å². The van der Waals surface area contributed by atoms with E-state index in [1.807, 2.05) is 0 Å². The fourth-order valence-electron chi connectivity index (χ4n) is 2.55. The molecule has 1 aromatic rings. The van der Waals surface area contributed by atoms with E-state index in [-0.39, 0.29) is 6.42 Å². The summed E-state index contributed by atoms with van der Waals surface area (Å²) < 4.78 is 64.5. The zero-order valence-corrected chi connectivity index (χ0v) is 13.9. The number of rotatable bonds is 4. The van der Waals surface area contributed by atoms with Gasteiger partial charge in [-0.25, -0.2) is 13.7 Å². The van der Waals surface area contributed by atoms with Crippen LogP contribution >= 0.6 is 0 Å². The molecule has 0 saturated carbocycles. The van der Waals surface area contributed by atoms with Gasteiger partial charge in [-0.3, -0.25) is 9.59 Å². The number of hydrogen-bond acceptors (Lipinski definition) is 6. The second-order valence-corrected chi connectivity index (χ2v) is 7.01. The van der Waals surface area contributed by atoms with Crippen LogP contribution in [0.2, 0.25) is 0 Å². The van der Waals surface area contributed by atoms with Gasteiger partial charge in [0.25, 0.3) is 27.7 Å². The average Bonchev–Trinajstić information content (AvgIpc) is 3.06. The van der Waals surface area contributed by atoms with Crippen LogP contribution in [0.15, 0.2) is 24.3 Å². The van der Waals surface area contributed by atoms with Crippen LogP contribution in [0.25, 0.3) is 0 Å². The highest BCUT2D eigenvalue weighted by Crippen LogP contribution is 2.52. The topological polar surface area (TPSA) is 89.8 Å². The number of nitrogens with zero attached hydrogens (tertiary/aromatic N) is 1. The van der Waals surface area contributed by atoms with Crippen LogP contribution in [-0.2, 0) is 30.5 Å². The number of alkyl halides is 2. The molecule has 3 unspecified atom stereocenters. The molecule has 0 spiro atoms. The van der Waals surface area contributed by atoms with E-state index in [1.165, 1.54) is 7.11 Å². The number of carbonyl (C=O) groups excluding carboxylic acids is 2. The van der Waals surface area contributed by atoms with Crippen molar-refractivity contribution in [3.05, 3.63) is 29.8 Å². The van der Waals surface area contributed by atoms with Crippen molar-refractivity contribution in [2.24, 2.45) is 5.92 Å². The van der Waals surface area contributed by atoms with Gasteiger partial charge in [-0.1, -0.05) is 16.5 Å². The molecule has 3 atom stereocenters. The SMILES string of the molecule is COc1ccc(CC2C(F)C(=O)N3C(=O)C23F)cc1.CS(=O)(=O)OF. The van der Waals surface area contributed by atoms with Crippen LogP contribution in [0.1, 0.15) is 5.56 Å². The molecule has 3 rings (SSSR count). The number of benzene rings is 1. The van der Waals surface area contributed by atoms with Gasteiger partial charge in [-0.2, -0.15) is 8.42 Å². The second-order valence-electron chi connectivity index (χ2n) is 5.48. The molecule has 2 heterocycles. The molecule has 0 aromatic heterocycles. The molecule has 0 bridgehead atoms. The maximum atomic E-state index is 14.2. The van der Waals surface area contributed by atoms with E-state index < -0.39 is 39.8 Å². The first-order chi connectivity index (χ1) is 11.6. The van der Waals surface area contributed by atoms with Gasteiger partial charge in [-0.15, -0.1) is 0 Å². The van der Waals surface area contributed by atoms with Crippen molar-refractivity contribution in [2.75, 3.05) is 13.4 Å². The number of methoxy groups -OCH3 is 1. The second kappa shape index (κ2) is 6.64. The lowest BCUT2D eigenvalue weighted by Crippen LogP contribution is -2.31. The lowest BCUT2D eigenvalue weighted by atomic mass is 9.91. The molecule has 138 valence electrons. The van der Waals surface area contributed by atoms with Gasteiger partial charge in [-0.05, 0) is 28.6 Å². The predicted molar refractivity (Wildman–Crippen MR) is 77.8 cm³/mol. The van der Waals surface area contributed by atoms with Gasteiger partial charge in [0, 0.05) is 0 Å². The third-order valence-corrected chi connectivity index (χ3v) is 4.04. The van der Waals surface area contributed by atoms with E-state index in [2.05, 4.69) is 4.39 Å². The van der Waals surface area contributed by atoms with Crippen LogP contribution < -0.4 is 4.74 Å². The zero-order valence-electron chi connectivity index (χ0n) is 13.1. The fourth-order valence-corrected chi connectivity index (χ4v) is 2.55. The quantitative estimate of drug-likeness (QED) is 0.441. The first kappa shape index (κ1) is 19.2. The molecule has 11 heteroatoms. The minimum Gasteiger partial charge on any atom is -0.497 e. The molecular formula is C14H14F3NO6S. The van der Waals surface area contributed by atoms with Crippen LogP contribution in [0.5, 0.6) is 5.75 Å². The van der Waals surface area contributed by atoms with Gasteiger partial charge in [0.15, 0.2) is 6.17 Å². The number of imide groups is 1. The predicted octanol–water partition coefficient (Wildman–Crippen LogP) is 1.09. The standard InChI is InChI=1S/C13H11F2NO3.CH3FO3S/c1-19-8-4-2-7(3-5-8)6-9-10(14)11(17)16-12(18)13(9,16)15;1-6(3,4)5-2/h2-5,9-10H,6H2,1H3;1H3. The number of piperidine rings is 1. The summed E-state index contributed by atoms with van der Waals surface area (Å²) in [6.07, 6.45) is -1.34. The highest BCUT2D eigenvalue weighted by atomic mass is 32.2. The number of carbonyl (C=O) groups is 2. The number of hydrogen-bond donors (Lipinski definition) is 0. The summed E-state index contributed by atoms with van der Waals surface area (Å²) in [6.45, 7) is 0. The molecule has 7 nitrogen and oxygen atoms in total. The Bertz CT molecular complexity index is 784. The Morgan fingerprint density at radius 1 is 1.24 bits per heavy atom. The third-order valence-electron chi connectivity index (χ3n) is 3.81. The Balaban J connectivity index is 0.000000326. The molecule has 1 aromatic carbocycles. The lowest BCUT2D eigenvalue weighted by Gasteiger charge is -2.14. The minimum atomic E-state index is -3.83. The van der Waals surface area contributed by atoms with Gasteiger partial charge < -0.3 is 4.74 Å². The molecule has 2 saturated heterocycles. The largest absolute Gasteiger partial charge is 0.497 e. The maximum absolute atomic E-state index is 14.2. The summed E-state index contributed by atoms with van der Waals surface area (Å²) in [4.78, 5) is 22.9. The fraction of sp³-hybridized carbons (Fsp3) is 0.429. The van der Waals surface area contributed by atoms with Crippen molar-refractivity contribution < 1.29 is 40.4 Å². The molecule has 25 heavy (non-hydrogen) atoms. The van der Waals surface area contributed by atoms with Crippen LogP contribution in [-0.4, -0.2) is 50.5 Å². The summed E-state index contributed by atoms with van der Waals surface area (Å²) in [5, 5.41) is 0. The van der Waals surface area contributed by atoms with Crippen molar-refractivity contribution in [1.82, 2.24) is 4.90 Å². The third kappa shape index (κ3) is 3.61. The van der Waals surface area contributed by atoms with Gasteiger partial charge in [0.05, 0.1) is 19.3 Å². The van der Waals surface area contributed by atoms with Crippen LogP contribution in [0, 0.1) is 5.92 Å². The van der Waals surface area contributed by atoms with Gasteiger partial charge in [0.1, 0.15) is 5.75 Å². The average molecular weight is 381 g/mol. The first-order valence-corrected chi connectivity index (χ1v) is 8.72. The Kier molecular flexibility index (Phi) is 5.09. The highest BCUT2D eigenvalue weighted by Gasteiger charge is 2.80. The molecule has 2 aliphatic heterocycles. The first-order valence-electron chi connectivity index (χ1n) is 6.91. The summed E-state index contributed by atoms with van der Waals surface area (Å²) in [6, 6.07) is 6.65. The molecule has 0 radical (unpaired) electrons. The molecular weight excluding hydrogens is 367 g/mol. The zero-order chi connectivity index (χ0) is 19.0. The van der Waals surface area contributed by atoms with E-state index in [0.717, 1.165) is 0 Å². The Hall–Kier alpha value is -2.14. The molecule has 0 aliphatic carbocycles. The van der Waals surface area contributed by atoms with Crippen molar-refractivity contribution in [3.63, 3.8) is 0 Å². The number of amides is 2. The van der Waals surface area contributed by atoms with Crippen LogP contribution in [0.3, 0.4) is 0 Å². The molecule has 2 amide bonds. The van der Waals surface area contributed by atoms with Crippen molar-refractivity contribution in [1.29, 1.82) is 0 Å². The number of halogens is 3. The normalized spacial score (nSPS) is 27.5. The summed E-state index contributed by atoms with van der Waals surface area (Å²) in [5.41, 5.74) is 0.653. The van der Waals surface area contributed by atoms with E-state index in [1.54, 1.807) is 24.3 Å². The minimum absolute atomic E-state index is 0.00432. The van der Waals surface area contributed by atoms with Gasteiger partial charge in [0.2, 0.25) is 0 Å². The lowest BCUT2D eigenvalue weighted by molar-refractivity contribution is -0.134. The number of fused-ring (bicyclic) bond motifs is 1. The molecule has 2 fully saturated rings. The smallest absolute Gasteiger partial charge is 0.295 e. The summed E-state index contributed by atoms with van der Waals surface area (Å²) in [5.74, 6) is -5.06. The Morgan fingerprint density at radius 2 is 1.76 bits per heavy atom. The van der Waals surface area contributed by atoms with Crippen molar-refractivity contribution in [2.45, 2.75) is 18.4 Å². The van der Waals surface area contributed by atoms with E-state index in [4.69, 9.17) is 4.74 Å². The van der Waals surface area contributed by atoms with E-state index >= 15 is 0 Å². The van der Waals surface area contributed by atoms with E-state index in [0.29, 0.717) is 22.5 Å². The number of ether oxygens (including phenoxy) is 1. The van der Waals surface area contributed by atoms with E-state index in [9.17, 15) is 31.3 Å². The highest BCUT2D eigenvalue weighted by molar-refractivity contribution is 7.85. The monoisotopic (exact) mass is 381 g/mol. The Morgan fingerprint density at radius 3 is 2.16 bits per heavy atom. The van der Waals surface area contributed by atoms with Crippen molar-refractivity contribution >= 4 is 21.9 Å². The Labute approximate surface area is 141 Å². The molecule has 2 aliphatic rings. The summed E-state index contributed by atoms with van der Waals surface area (Å²) >= 11 is 0. The molecule has 0 N–H and O–H groups in total. The maximum Gasteiger partial charge on any atom is 0.295 e. The van der Waals surface area contributed by atoms with Crippen molar-refractivity contribution in [3.8, 4) is 5.75 Å². The van der Waals surface area contributed by atoms with Gasteiger partial charge >= 0.3 is 0 Å². The summed E-state index contributed by atoms with van der Waals surface area (Å²) in [7, 11) is -2.32.